The normalized spacial score (nSPS) is 11.4. The van der Waals surface area contributed by atoms with E-state index in [-0.39, 0.29) is 11.4 Å². The van der Waals surface area contributed by atoms with E-state index in [9.17, 15) is 28.1 Å². The Bertz CT molecular complexity index is 833. The summed E-state index contributed by atoms with van der Waals surface area (Å²) in [4.78, 5) is 22.3. The average Bonchev–Trinajstić information content (AvgIpc) is 2.75. The van der Waals surface area contributed by atoms with Crippen LogP contribution in [-0.4, -0.2) is 20.6 Å². The summed E-state index contributed by atoms with van der Waals surface area (Å²) in [5.74, 6) is -0.870. The molecule has 0 aliphatic carbocycles. The first kappa shape index (κ1) is 17.9. The number of hydrogen-bond acceptors (Lipinski definition) is 4. The van der Waals surface area contributed by atoms with E-state index >= 15 is 0 Å². The van der Waals surface area contributed by atoms with Gasteiger partial charge >= 0.3 is 6.18 Å². The number of anilines is 1. The minimum absolute atomic E-state index is 0.163. The highest BCUT2D eigenvalue weighted by atomic mass is 79.9. The first-order chi connectivity index (χ1) is 11.0. The van der Waals surface area contributed by atoms with Crippen molar-refractivity contribution < 1.29 is 22.9 Å². The van der Waals surface area contributed by atoms with Crippen molar-refractivity contribution >= 4 is 33.2 Å². The lowest BCUT2D eigenvalue weighted by molar-refractivity contribution is -0.384. The fourth-order valence-electron chi connectivity index (χ4n) is 2.03. The molecule has 24 heavy (non-hydrogen) atoms. The van der Waals surface area contributed by atoms with Gasteiger partial charge in [0.05, 0.1) is 9.40 Å². The monoisotopic (exact) mass is 406 g/mol. The molecular weight excluding hydrogens is 397 g/mol. The van der Waals surface area contributed by atoms with Gasteiger partial charge < -0.3 is 5.32 Å². The topological polar surface area (TPSA) is 90.1 Å². The first-order valence-electron chi connectivity index (χ1n) is 6.38. The van der Waals surface area contributed by atoms with Crippen LogP contribution in [0.4, 0.5) is 24.5 Å². The maximum Gasteiger partial charge on any atom is 0.434 e. The van der Waals surface area contributed by atoms with Crippen LogP contribution in [0.15, 0.2) is 22.7 Å². The van der Waals surface area contributed by atoms with Crippen molar-refractivity contribution in [1.29, 1.82) is 0 Å². The number of nitro groups is 1. The number of alkyl halides is 3. The Kier molecular flexibility index (Phi) is 4.65. The fraction of sp³-hybridized carbons (Fsp3) is 0.231. The third-order valence-electron chi connectivity index (χ3n) is 3.14. The van der Waals surface area contributed by atoms with Gasteiger partial charge in [0.25, 0.3) is 11.6 Å². The van der Waals surface area contributed by atoms with Gasteiger partial charge in [0.1, 0.15) is 0 Å². The van der Waals surface area contributed by atoms with Crippen LogP contribution in [0.25, 0.3) is 0 Å². The number of rotatable bonds is 3. The number of hydrogen-bond donors (Lipinski definition) is 1. The molecule has 0 fully saturated rings. The number of carbonyl (C=O) groups excluding carboxylic acids is 1. The molecule has 0 saturated heterocycles. The van der Waals surface area contributed by atoms with Crippen LogP contribution in [0.1, 0.15) is 21.7 Å². The summed E-state index contributed by atoms with van der Waals surface area (Å²) in [6, 6.07) is 3.72. The van der Waals surface area contributed by atoms with Crippen LogP contribution in [0.2, 0.25) is 0 Å². The van der Waals surface area contributed by atoms with E-state index in [1.807, 2.05) is 0 Å². The number of nitro benzene ring substituents is 1. The van der Waals surface area contributed by atoms with E-state index in [1.54, 1.807) is 0 Å². The van der Waals surface area contributed by atoms with Crippen molar-refractivity contribution in [1.82, 2.24) is 9.78 Å². The van der Waals surface area contributed by atoms with Gasteiger partial charge in [-0.1, -0.05) is 0 Å². The molecule has 128 valence electrons. The van der Waals surface area contributed by atoms with Crippen LogP contribution < -0.4 is 5.32 Å². The largest absolute Gasteiger partial charge is 0.434 e. The Balaban J connectivity index is 2.33. The summed E-state index contributed by atoms with van der Waals surface area (Å²) in [6.45, 7) is 1.53. The van der Waals surface area contributed by atoms with E-state index in [4.69, 9.17) is 0 Å². The zero-order valence-corrected chi connectivity index (χ0v) is 13.9. The lowest BCUT2D eigenvalue weighted by Crippen LogP contribution is -2.14. The third kappa shape index (κ3) is 3.40. The summed E-state index contributed by atoms with van der Waals surface area (Å²) < 4.78 is 38.8. The molecule has 0 radical (unpaired) electrons. The molecule has 1 aromatic carbocycles. The molecule has 1 N–H and O–H groups in total. The SMILES string of the molecule is Cc1cc([N+](=O)[O-])ccc1NC(=O)c1nn(C)c(C(F)(F)F)c1Br. The highest BCUT2D eigenvalue weighted by Gasteiger charge is 2.39. The van der Waals surface area contributed by atoms with Crippen molar-refractivity contribution in [2.24, 2.45) is 7.05 Å². The number of nitrogens with one attached hydrogen (secondary N) is 1. The molecule has 1 aromatic heterocycles. The van der Waals surface area contributed by atoms with Crippen molar-refractivity contribution in [3.63, 3.8) is 0 Å². The number of aromatic nitrogens is 2. The van der Waals surface area contributed by atoms with E-state index in [0.717, 1.165) is 7.05 Å². The predicted molar refractivity (Wildman–Crippen MR) is 81.7 cm³/mol. The summed E-state index contributed by atoms with van der Waals surface area (Å²) >= 11 is 2.75. The Hall–Kier alpha value is -2.43. The maximum atomic E-state index is 12.9. The van der Waals surface area contributed by atoms with Crippen LogP contribution in [0.5, 0.6) is 0 Å². The quantitative estimate of drug-likeness (QED) is 0.621. The number of aryl methyl sites for hydroxylation is 2. The van der Waals surface area contributed by atoms with Crippen molar-refractivity contribution in [2.75, 3.05) is 5.32 Å². The van der Waals surface area contributed by atoms with Gasteiger partial charge in [-0.15, -0.1) is 0 Å². The molecule has 1 amide bonds. The molecule has 2 aromatic rings. The molecular formula is C13H10BrF3N4O3. The van der Waals surface area contributed by atoms with Gasteiger partial charge in [0.2, 0.25) is 0 Å². The Morgan fingerprint density at radius 3 is 2.50 bits per heavy atom. The number of non-ortho nitro benzene ring substituents is 1. The summed E-state index contributed by atoms with van der Waals surface area (Å²) in [5.41, 5.74) is -1.07. The van der Waals surface area contributed by atoms with Crippen LogP contribution in [-0.2, 0) is 13.2 Å². The van der Waals surface area contributed by atoms with Gasteiger partial charge in [-0.2, -0.15) is 18.3 Å². The molecule has 0 atom stereocenters. The standard InChI is InChI=1S/C13H10BrF3N4O3/c1-6-5-7(21(23)24)3-4-8(6)18-12(22)10-9(14)11(13(15,16)17)20(2)19-10/h3-5H,1-2H3,(H,18,22). The van der Waals surface area contributed by atoms with Crippen molar-refractivity contribution in [3.05, 3.63) is 49.7 Å². The number of halogens is 4. The lowest BCUT2D eigenvalue weighted by atomic mass is 10.1. The van der Waals surface area contributed by atoms with Crippen LogP contribution in [0.3, 0.4) is 0 Å². The number of amides is 1. The number of nitrogens with zero attached hydrogens (tertiary/aromatic N) is 3. The second-order valence-electron chi connectivity index (χ2n) is 4.84. The van der Waals surface area contributed by atoms with Crippen LogP contribution >= 0.6 is 15.9 Å². The first-order valence-corrected chi connectivity index (χ1v) is 7.17. The van der Waals surface area contributed by atoms with Crippen molar-refractivity contribution in [3.8, 4) is 0 Å². The van der Waals surface area contributed by atoms with Crippen LogP contribution in [0, 0.1) is 17.0 Å². The van der Waals surface area contributed by atoms with Gasteiger partial charge in [-0.3, -0.25) is 19.6 Å². The van der Waals surface area contributed by atoms with Gasteiger partial charge in [0.15, 0.2) is 11.4 Å². The van der Waals surface area contributed by atoms with E-state index < -0.39 is 32.9 Å². The van der Waals surface area contributed by atoms with E-state index in [2.05, 4.69) is 26.3 Å². The maximum absolute atomic E-state index is 12.9. The molecule has 0 unspecified atom stereocenters. The molecule has 0 saturated carbocycles. The molecule has 0 spiro atoms. The second-order valence-corrected chi connectivity index (χ2v) is 5.64. The highest BCUT2D eigenvalue weighted by molar-refractivity contribution is 9.10. The summed E-state index contributed by atoms with van der Waals surface area (Å²) in [6.07, 6.45) is -4.68. The molecule has 0 aliphatic heterocycles. The molecule has 7 nitrogen and oxygen atoms in total. The summed E-state index contributed by atoms with van der Waals surface area (Å²) in [7, 11) is 1.07. The van der Waals surface area contributed by atoms with Gasteiger partial charge in [-0.05, 0) is 34.5 Å². The van der Waals surface area contributed by atoms with E-state index in [0.29, 0.717) is 10.2 Å². The van der Waals surface area contributed by atoms with Gasteiger partial charge in [0, 0.05) is 24.9 Å². The Morgan fingerprint density at radius 1 is 1.42 bits per heavy atom. The van der Waals surface area contributed by atoms with Crippen molar-refractivity contribution in [2.45, 2.75) is 13.1 Å². The van der Waals surface area contributed by atoms with E-state index in [1.165, 1.54) is 25.1 Å². The third-order valence-corrected chi connectivity index (χ3v) is 3.89. The smallest absolute Gasteiger partial charge is 0.320 e. The Morgan fingerprint density at radius 2 is 2.04 bits per heavy atom. The molecule has 0 bridgehead atoms. The number of benzene rings is 1. The number of carbonyl (C=O) groups is 1. The zero-order valence-electron chi connectivity index (χ0n) is 12.3. The molecule has 0 aliphatic rings. The lowest BCUT2D eigenvalue weighted by Gasteiger charge is -2.07. The minimum Gasteiger partial charge on any atom is -0.320 e. The predicted octanol–water partition coefficient (Wildman–Crippen LogP) is 3.67. The highest BCUT2D eigenvalue weighted by Crippen LogP contribution is 2.36. The average molecular weight is 407 g/mol. The molecule has 1 heterocycles. The zero-order chi connectivity index (χ0) is 18.2. The second kappa shape index (κ2) is 6.23. The Labute approximate surface area is 141 Å². The fourth-order valence-corrected chi connectivity index (χ4v) is 2.78. The van der Waals surface area contributed by atoms with Gasteiger partial charge in [-0.25, -0.2) is 0 Å². The minimum atomic E-state index is -4.68. The molecule has 11 heteroatoms. The summed E-state index contributed by atoms with van der Waals surface area (Å²) in [5, 5.41) is 16.6. The molecule has 2 rings (SSSR count).